The van der Waals surface area contributed by atoms with Crippen molar-refractivity contribution in [2.75, 3.05) is 0 Å². The summed E-state index contributed by atoms with van der Waals surface area (Å²) in [6.45, 7) is 10.6. The number of halogens is 1. The summed E-state index contributed by atoms with van der Waals surface area (Å²) in [7, 11) is 0. The lowest BCUT2D eigenvalue weighted by Crippen LogP contribution is -2.14. The summed E-state index contributed by atoms with van der Waals surface area (Å²) < 4.78 is 15.6. The molecule has 0 fully saturated rings. The molecule has 142 valence electrons. The van der Waals surface area contributed by atoms with Gasteiger partial charge in [0.25, 0.3) is 0 Å². The SMILES string of the molecule is CCC(c1cccc(CN)c1)c1c(C(C)C)cc(C(C)C)c(CO)c1F. The topological polar surface area (TPSA) is 46.2 Å². The Kier molecular flexibility index (Phi) is 6.96. The third kappa shape index (κ3) is 3.99. The van der Waals surface area contributed by atoms with Gasteiger partial charge in [-0.2, -0.15) is 0 Å². The van der Waals surface area contributed by atoms with Crippen LogP contribution < -0.4 is 5.73 Å². The predicted octanol–water partition coefficient (Wildman–Crippen LogP) is 5.57. The van der Waals surface area contributed by atoms with Crippen molar-refractivity contribution in [1.82, 2.24) is 0 Å². The molecule has 0 bridgehead atoms. The van der Waals surface area contributed by atoms with Crippen molar-refractivity contribution >= 4 is 0 Å². The van der Waals surface area contributed by atoms with Crippen LogP contribution in [0.1, 0.15) is 92.2 Å². The Morgan fingerprint density at radius 1 is 1.04 bits per heavy atom. The Hall–Kier alpha value is -1.71. The van der Waals surface area contributed by atoms with Crippen LogP contribution in [0.5, 0.6) is 0 Å². The van der Waals surface area contributed by atoms with Gasteiger partial charge in [-0.3, -0.25) is 0 Å². The standard InChI is InChI=1S/C23H32FNO/c1-6-18(17-9-7-8-16(10-17)12-25)22-20(15(4)5)11-19(14(2)3)21(13-26)23(22)24/h7-11,14-15,18,26H,6,12-13,25H2,1-5H3. The summed E-state index contributed by atoms with van der Waals surface area (Å²) in [4.78, 5) is 0. The second kappa shape index (κ2) is 8.79. The van der Waals surface area contributed by atoms with Gasteiger partial charge in [0.2, 0.25) is 0 Å². The minimum atomic E-state index is -0.274. The van der Waals surface area contributed by atoms with E-state index >= 15 is 4.39 Å². The zero-order valence-corrected chi connectivity index (χ0v) is 16.6. The number of aliphatic hydroxyl groups is 1. The van der Waals surface area contributed by atoms with Gasteiger partial charge in [-0.25, -0.2) is 4.39 Å². The Morgan fingerprint density at radius 3 is 2.19 bits per heavy atom. The molecular weight excluding hydrogens is 325 g/mol. The van der Waals surface area contributed by atoms with E-state index in [-0.39, 0.29) is 30.2 Å². The van der Waals surface area contributed by atoms with Gasteiger partial charge in [0.15, 0.2) is 0 Å². The zero-order chi connectivity index (χ0) is 19.4. The quantitative estimate of drug-likeness (QED) is 0.681. The van der Waals surface area contributed by atoms with Gasteiger partial charge in [0, 0.05) is 18.0 Å². The summed E-state index contributed by atoms with van der Waals surface area (Å²) in [6, 6.07) is 10.2. The fourth-order valence-corrected chi connectivity index (χ4v) is 3.80. The lowest BCUT2D eigenvalue weighted by Gasteiger charge is -2.26. The molecule has 0 heterocycles. The van der Waals surface area contributed by atoms with Gasteiger partial charge in [-0.05, 0) is 46.1 Å². The van der Waals surface area contributed by atoms with E-state index in [2.05, 4.69) is 32.9 Å². The minimum absolute atomic E-state index is 0.0505. The normalized spacial score (nSPS) is 12.8. The van der Waals surface area contributed by atoms with E-state index in [1.54, 1.807) is 0 Å². The largest absolute Gasteiger partial charge is 0.392 e. The first-order valence-electron chi connectivity index (χ1n) is 9.60. The molecule has 1 atom stereocenters. The molecule has 2 aromatic carbocycles. The molecule has 3 N–H and O–H groups in total. The molecule has 3 heteroatoms. The van der Waals surface area contributed by atoms with Gasteiger partial charge < -0.3 is 10.8 Å². The minimum Gasteiger partial charge on any atom is -0.392 e. The molecule has 26 heavy (non-hydrogen) atoms. The van der Waals surface area contributed by atoms with Crippen LogP contribution in [0.4, 0.5) is 4.39 Å². The van der Waals surface area contributed by atoms with E-state index in [9.17, 15) is 5.11 Å². The van der Waals surface area contributed by atoms with E-state index in [0.29, 0.717) is 12.1 Å². The lowest BCUT2D eigenvalue weighted by molar-refractivity contribution is 0.273. The number of hydrogen-bond acceptors (Lipinski definition) is 2. The van der Waals surface area contributed by atoms with Crippen molar-refractivity contribution in [2.24, 2.45) is 5.73 Å². The smallest absolute Gasteiger partial charge is 0.133 e. The van der Waals surface area contributed by atoms with Crippen LogP contribution in [0.15, 0.2) is 30.3 Å². The van der Waals surface area contributed by atoms with Crippen molar-refractivity contribution in [3.63, 3.8) is 0 Å². The van der Waals surface area contributed by atoms with Crippen molar-refractivity contribution in [3.05, 3.63) is 69.5 Å². The number of aliphatic hydroxyl groups excluding tert-OH is 1. The monoisotopic (exact) mass is 357 g/mol. The molecule has 2 nitrogen and oxygen atoms in total. The van der Waals surface area contributed by atoms with Crippen molar-refractivity contribution in [1.29, 1.82) is 0 Å². The molecule has 0 saturated carbocycles. The van der Waals surface area contributed by atoms with Crippen LogP contribution in [-0.4, -0.2) is 5.11 Å². The maximum absolute atomic E-state index is 15.6. The molecule has 0 radical (unpaired) electrons. The van der Waals surface area contributed by atoms with Gasteiger partial charge in [0.1, 0.15) is 5.82 Å². The third-order valence-electron chi connectivity index (χ3n) is 5.22. The molecule has 2 rings (SSSR count). The number of hydrogen-bond donors (Lipinski definition) is 2. The average molecular weight is 358 g/mol. The van der Waals surface area contributed by atoms with Crippen LogP contribution in [-0.2, 0) is 13.2 Å². The molecule has 2 aromatic rings. The summed E-state index contributed by atoms with van der Waals surface area (Å²) in [5.74, 6) is 0.0770. The first-order valence-corrected chi connectivity index (χ1v) is 9.60. The fraction of sp³-hybridized carbons (Fsp3) is 0.478. The van der Waals surface area contributed by atoms with E-state index < -0.39 is 0 Å². The number of benzene rings is 2. The molecule has 0 amide bonds. The molecule has 0 aliphatic carbocycles. The highest BCUT2D eigenvalue weighted by Crippen LogP contribution is 2.39. The zero-order valence-electron chi connectivity index (χ0n) is 16.6. The summed E-state index contributed by atoms with van der Waals surface area (Å²) in [5, 5.41) is 9.85. The predicted molar refractivity (Wildman–Crippen MR) is 107 cm³/mol. The molecule has 0 saturated heterocycles. The van der Waals surface area contributed by atoms with Crippen LogP contribution in [0.2, 0.25) is 0 Å². The van der Waals surface area contributed by atoms with Gasteiger partial charge in [-0.1, -0.05) is 65.0 Å². The average Bonchev–Trinajstić information content (AvgIpc) is 2.62. The molecule has 1 unspecified atom stereocenters. The molecule has 0 spiro atoms. The fourth-order valence-electron chi connectivity index (χ4n) is 3.80. The summed E-state index contributed by atoms with van der Waals surface area (Å²) >= 11 is 0. The van der Waals surface area contributed by atoms with Crippen molar-refractivity contribution < 1.29 is 9.50 Å². The van der Waals surface area contributed by atoms with Gasteiger partial charge >= 0.3 is 0 Å². The van der Waals surface area contributed by atoms with E-state index in [0.717, 1.165) is 34.2 Å². The Morgan fingerprint density at radius 2 is 1.69 bits per heavy atom. The van der Waals surface area contributed by atoms with Crippen LogP contribution >= 0.6 is 0 Å². The van der Waals surface area contributed by atoms with Gasteiger partial charge in [-0.15, -0.1) is 0 Å². The van der Waals surface area contributed by atoms with E-state index in [1.165, 1.54) is 0 Å². The highest BCUT2D eigenvalue weighted by Gasteiger charge is 2.26. The number of rotatable bonds is 7. The Balaban J connectivity index is 2.75. The molecule has 0 aliphatic rings. The van der Waals surface area contributed by atoms with Crippen LogP contribution in [0.25, 0.3) is 0 Å². The van der Waals surface area contributed by atoms with Gasteiger partial charge in [0.05, 0.1) is 6.61 Å². The Bertz CT molecular complexity index is 752. The van der Waals surface area contributed by atoms with Crippen molar-refractivity contribution in [2.45, 2.75) is 71.9 Å². The van der Waals surface area contributed by atoms with Crippen LogP contribution in [0.3, 0.4) is 0 Å². The second-order valence-electron chi connectivity index (χ2n) is 7.64. The Labute approximate surface area is 157 Å². The number of nitrogens with two attached hydrogens (primary N) is 1. The maximum Gasteiger partial charge on any atom is 0.133 e. The van der Waals surface area contributed by atoms with E-state index in [4.69, 9.17) is 5.73 Å². The maximum atomic E-state index is 15.6. The summed E-state index contributed by atoms with van der Waals surface area (Å²) in [6.07, 6.45) is 0.788. The van der Waals surface area contributed by atoms with E-state index in [1.807, 2.05) is 32.0 Å². The first-order chi connectivity index (χ1) is 12.3. The first kappa shape index (κ1) is 20.6. The van der Waals surface area contributed by atoms with Crippen molar-refractivity contribution in [3.8, 4) is 0 Å². The van der Waals surface area contributed by atoms with Crippen LogP contribution in [0, 0.1) is 5.82 Å². The highest BCUT2D eigenvalue weighted by atomic mass is 19.1. The summed E-state index contributed by atoms with van der Waals surface area (Å²) in [5.41, 5.74) is 11.0. The third-order valence-corrected chi connectivity index (χ3v) is 5.22. The molecule has 0 aliphatic heterocycles. The lowest BCUT2D eigenvalue weighted by atomic mass is 9.79. The second-order valence-corrected chi connectivity index (χ2v) is 7.64. The molecule has 0 aromatic heterocycles. The molecular formula is C23H32FNO. The highest BCUT2D eigenvalue weighted by molar-refractivity contribution is 5.48.